The van der Waals surface area contributed by atoms with E-state index in [1.165, 1.54) is 6.42 Å². The fourth-order valence-electron chi connectivity index (χ4n) is 2.25. The van der Waals surface area contributed by atoms with Crippen molar-refractivity contribution in [3.63, 3.8) is 0 Å². The molecule has 2 rings (SSSR count). The molecule has 0 bridgehead atoms. The molecule has 0 amide bonds. The minimum Gasteiger partial charge on any atom is -0.493 e. The molecule has 1 aliphatic rings. The molecule has 0 spiro atoms. The minimum atomic E-state index is 0.0833. The van der Waals surface area contributed by atoms with Crippen molar-refractivity contribution >= 4 is 17.5 Å². The third kappa shape index (κ3) is 2.71. The zero-order valence-electron chi connectivity index (χ0n) is 11.0. The lowest BCUT2D eigenvalue weighted by Gasteiger charge is -2.20. The van der Waals surface area contributed by atoms with Crippen LogP contribution in [0.3, 0.4) is 0 Å². The van der Waals surface area contributed by atoms with E-state index in [1.54, 1.807) is 29.8 Å². The Hall–Kier alpha value is -0.970. The number of nitrogens with zero attached hydrogens (tertiary/aromatic N) is 2. The van der Waals surface area contributed by atoms with Gasteiger partial charge in [0.1, 0.15) is 5.69 Å². The lowest BCUT2D eigenvalue weighted by Crippen LogP contribution is -2.24. The van der Waals surface area contributed by atoms with Crippen LogP contribution >= 0.6 is 11.8 Å². The maximum atomic E-state index is 12.6. The first kappa shape index (κ1) is 13.5. The van der Waals surface area contributed by atoms with E-state index in [-0.39, 0.29) is 11.0 Å². The summed E-state index contributed by atoms with van der Waals surface area (Å²) >= 11 is 1.77. The summed E-state index contributed by atoms with van der Waals surface area (Å²) in [4.78, 5) is 12.6. The molecule has 0 radical (unpaired) electrons. The van der Waals surface area contributed by atoms with Crippen LogP contribution in [-0.2, 0) is 6.54 Å². The molecule has 5 heteroatoms. The molecule has 4 nitrogen and oxygen atoms in total. The molecule has 1 aromatic heterocycles. The van der Waals surface area contributed by atoms with E-state index >= 15 is 0 Å². The Kier molecular flexibility index (Phi) is 4.69. The van der Waals surface area contributed by atoms with Gasteiger partial charge in [0.15, 0.2) is 11.5 Å². The van der Waals surface area contributed by atoms with Crippen molar-refractivity contribution in [2.75, 3.05) is 12.9 Å². The molecule has 18 heavy (non-hydrogen) atoms. The lowest BCUT2D eigenvalue weighted by atomic mass is 10.1. The topological polar surface area (TPSA) is 44.1 Å². The Balaban J connectivity index is 2.23. The fourth-order valence-corrected chi connectivity index (χ4v) is 3.50. The summed E-state index contributed by atoms with van der Waals surface area (Å²) in [5, 5.41) is 4.34. The third-order valence-electron chi connectivity index (χ3n) is 3.17. The van der Waals surface area contributed by atoms with Crippen molar-refractivity contribution in [1.82, 2.24) is 9.78 Å². The zero-order valence-corrected chi connectivity index (χ0v) is 11.8. The number of ether oxygens (including phenoxy) is 1. The van der Waals surface area contributed by atoms with Gasteiger partial charge in [0.05, 0.1) is 18.6 Å². The van der Waals surface area contributed by atoms with E-state index in [0.29, 0.717) is 11.4 Å². The predicted octanol–water partition coefficient (Wildman–Crippen LogP) is 2.77. The van der Waals surface area contributed by atoms with Gasteiger partial charge in [-0.15, -0.1) is 0 Å². The van der Waals surface area contributed by atoms with Gasteiger partial charge in [-0.3, -0.25) is 9.48 Å². The maximum absolute atomic E-state index is 12.6. The highest BCUT2D eigenvalue weighted by molar-refractivity contribution is 8.00. The van der Waals surface area contributed by atoms with Crippen molar-refractivity contribution in [1.29, 1.82) is 0 Å². The SMILES string of the molecule is CCCn1ncc(OC)c1C(=O)C1CCCCS1. The van der Waals surface area contributed by atoms with Crippen LogP contribution in [0.4, 0.5) is 0 Å². The average molecular weight is 268 g/mol. The molecule has 1 aromatic rings. The molecular weight excluding hydrogens is 248 g/mol. The quantitative estimate of drug-likeness (QED) is 0.770. The van der Waals surface area contributed by atoms with E-state index in [1.807, 2.05) is 0 Å². The first-order chi connectivity index (χ1) is 8.77. The van der Waals surface area contributed by atoms with Gasteiger partial charge in [-0.25, -0.2) is 0 Å². The summed E-state index contributed by atoms with van der Waals surface area (Å²) in [6.45, 7) is 2.85. The van der Waals surface area contributed by atoms with Crippen LogP contribution in [0, 0.1) is 0 Å². The summed E-state index contributed by atoms with van der Waals surface area (Å²) < 4.78 is 7.06. The number of methoxy groups -OCH3 is 1. The largest absolute Gasteiger partial charge is 0.493 e. The number of hydrogen-bond acceptors (Lipinski definition) is 4. The Labute approximate surface area is 112 Å². The van der Waals surface area contributed by atoms with Crippen molar-refractivity contribution in [3.8, 4) is 5.75 Å². The number of carbonyl (C=O) groups excluding carboxylic acids is 1. The van der Waals surface area contributed by atoms with Gasteiger partial charge in [-0.05, 0) is 25.0 Å². The van der Waals surface area contributed by atoms with E-state index in [2.05, 4.69) is 12.0 Å². The number of rotatable bonds is 5. The Morgan fingerprint density at radius 1 is 1.61 bits per heavy atom. The minimum absolute atomic E-state index is 0.0833. The highest BCUT2D eigenvalue weighted by atomic mass is 32.2. The lowest BCUT2D eigenvalue weighted by molar-refractivity contribution is 0.0971. The first-order valence-electron chi connectivity index (χ1n) is 6.53. The van der Waals surface area contributed by atoms with E-state index in [4.69, 9.17) is 4.74 Å². The van der Waals surface area contributed by atoms with Gasteiger partial charge in [0.25, 0.3) is 0 Å². The average Bonchev–Trinajstić information content (AvgIpc) is 2.82. The number of Topliss-reactive ketones (excluding diaryl/α,β-unsaturated/α-hetero) is 1. The first-order valence-corrected chi connectivity index (χ1v) is 7.58. The Morgan fingerprint density at radius 2 is 2.44 bits per heavy atom. The van der Waals surface area contributed by atoms with Crippen molar-refractivity contribution in [3.05, 3.63) is 11.9 Å². The molecule has 1 aliphatic heterocycles. The molecular formula is C13H20N2O2S. The standard InChI is InChI=1S/C13H20N2O2S/c1-3-7-15-12(10(17-2)9-14-15)13(16)11-6-4-5-8-18-11/h9,11H,3-8H2,1-2H3. The summed E-state index contributed by atoms with van der Waals surface area (Å²) in [7, 11) is 1.60. The molecule has 1 unspecified atom stereocenters. The Morgan fingerprint density at radius 3 is 3.06 bits per heavy atom. The van der Waals surface area contributed by atoms with Crippen molar-refractivity contribution in [2.45, 2.75) is 44.4 Å². The number of aryl methyl sites for hydroxylation is 1. The molecule has 100 valence electrons. The van der Waals surface area contributed by atoms with E-state index in [9.17, 15) is 4.79 Å². The summed E-state index contributed by atoms with van der Waals surface area (Å²) in [6, 6.07) is 0. The molecule has 1 atom stereocenters. The molecule has 1 saturated heterocycles. The second-order valence-corrected chi connectivity index (χ2v) is 5.81. The Bertz CT molecular complexity index is 411. The van der Waals surface area contributed by atoms with E-state index < -0.39 is 0 Å². The monoisotopic (exact) mass is 268 g/mol. The molecule has 0 saturated carbocycles. The number of thioether (sulfide) groups is 1. The highest BCUT2D eigenvalue weighted by Crippen LogP contribution is 2.30. The number of carbonyl (C=O) groups is 1. The van der Waals surface area contributed by atoms with Crippen LogP contribution in [0.5, 0.6) is 5.75 Å². The zero-order chi connectivity index (χ0) is 13.0. The van der Waals surface area contributed by atoms with Gasteiger partial charge in [-0.2, -0.15) is 16.9 Å². The smallest absolute Gasteiger partial charge is 0.197 e. The number of ketones is 1. The number of aromatic nitrogens is 2. The van der Waals surface area contributed by atoms with Crippen LogP contribution in [0.15, 0.2) is 6.20 Å². The van der Waals surface area contributed by atoms with Crippen LogP contribution in [0.1, 0.15) is 43.1 Å². The van der Waals surface area contributed by atoms with Crippen LogP contribution in [0.2, 0.25) is 0 Å². The predicted molar refractivity (Wildman–Crippen MR) is 73.5 cm³/mol. The van der Waals surface area contributed by atoms with Gasteiger partial charge in [-0.1, -0.05) is 13.3 Å². The van der Waals surface area contributed by atoms with Crippen LogP contribution in [0.25, 0.3) is 0 Å². The summed E-state index contributed by atoms with van der Waals surface area (Å²) in [6.07, 6.45) is 5.96. The van der Waals surface area contributed by atoms with Crippen LogP contribution in [-0.4, -0.2) is 33.7 Å². The maximum Gasteiger partial charge on any atom is 0.197 e. The molecule has 0 aliphatic carbocycles. The van der Waals surface area contributed by atoms with Gasteiger partial charge < -0.3 is 4.74 Å². The highest BCUT2D eigenvalue weighted by Gasteiger charge is 2.28. The van der Waals surface area contributed by atoms with Crippen molar-refractivity contribution in [2.24, 2.45) is 0 Å². The van der Waals surface area contributed by atoms with Gasteiger partial charge in [0.2, 0.25) is 0 Å². The normalized spacial score (nSPS) is 19.8. The van der Waals surface area contributed by atoms with Gasteiger partial charge in [0, 0.05) is 6.54 Å². The molecule has 0 N–H and O–H groups in total. The number of hydrogen-bond donors (Lipinski definition) is 0. The van der Waals surface area contributed by atoms with Crippen LogP contribution < -0.4 is 4.74 Å². The van der Waals surface area contributed by atoms with Crippen molar-refractivity contribution < 1.29 is 9.53 Å². The molecule has 0 aromatic carbocycles. The van der Waals surface area contributed by atoms with Gasteiger partial charge >= 0.3 is 0 Å². The third-order valence-corrected chi connectivity index (χ3v) is 4.54. The molecule has 1 fully saturated rings. The summed E-state index contributed by atoms with van der Waals surface area (Å²) in [5.41, 5.74) is 0.652. The second-order valence-electron chi connectivity index (χ2n) is 4.50. The second kappa shape index (κ2) is 6.27. The molecule has 2 heterocycles. The van der Waals surface area contributed by atoms with E-state index in [0.717, 1.165) is 31.6 Å². The summed E-state index contributed by atoms with van der Waals surface area (Å²) in [5.74, 6) is 1.88. The fraction of sp³-hybridized carbons (Fsp3) is 0.692.